The molecule has 3 heterocycles. The highest BCUT2D eigenvalue weighted by atomic mass is 16.5. The lowest BCUT2D eigenvalue weighted by Gasteiger charge is -2.39. The first-order chi connectivity index (χ1) is 15.2. The van der Waals surface area contributed by atoms with Gasteiger partial charge in [0.1, 0.15) is 6.10 Å². The van der Waals surface area contributed by atoms with Gasteiger partial charge in [0.15, 0.2) is 5.78 Å². The quantitative estimate of drug-likeness (QED) is 0.646. The second-order valence-corrected chi connectivity index (χ2v) is 8.29. The van der Waals surface area contributed by atoms with Crippen molar-refractivity contribution in [2.45, 2.75) is 25.0 Å². The number of H-pyrrole nitrogens is 1. The van der Waals surface area contributed by atoms with E-state index < -0.39 is 0 Å². The molecule has 0 aliphatic carbocycles. The van der Waals surface area contributed by atoms with Gasteiger partial charge in [-0.15, -0.1) is 0 Å². The van der Waals surface area contributed by atoms with Crippen LogP contribution in [0.15, 0.2) is 60.8 Å². The molecule has 2 atom stereocenters. The number of ether oxygens (including phenoxy) is 1. The molecular formula is C25H27N3O3. The van der Waals surface area contributed by atoms with Gasteiger partial charge in [-0.2, -0.15) is 0 Å². The van der Waals surface area contributed by atoms with E-state index in [0.717, 1.165) is 29.3 Å². The van der Waals surface area contributed by atoms with Crippen LogP contribution in [0.4, 0.5) is 0 Å². The van der Waals surface area contributed by atoms with Crippen molar-refractivity contribution in [2.75, 3.05) is 32.8 Å². The van der Waals surface area contributed by atoms with Gasteiger partial charge in [-0.3, -0.25) is 14.5 Å². The Morgan fingerprint density at radius 3 is 2.45 bits per heavy atom. The normalized spacial score (nSPS) is 20.8. The van der Waals surface area contributed by atoms with Crippen molar-refractivity contribution < 1.29 is 14.3 Å². The van der Waals surface area contributed by atoms with E-state index in [2.05, 4.69) is 9.88 Å². The number of hydrogen-bond acceptors (Lipinski definition) is 4. The third-order valence-corrected chi connectivity index (χ3v) is 6.41. The SMILES string of the molecule is O=C(c1c[nH]c2ccccc12)[C@@H](c1ccccc1)N1CCN(C(=O)[C@@H]2CCCO2)CC1. The molecule has 3 aromatic rings. The van der Waals surface area contributed by atoms with Crippen LogP contribution < -0.4 is 0 Å². The number of fused-ring (bicyclic) bond motifs is 1. The molecule has 2 fully saturated rings. The van der Waals surface area contributed by atoms with Crippen LogP contribution in [-0.4, -0.2) is 65.4 Å². The molecule has 6 nitrogen and oxygen atoms in total. The van der Waals surface area contributed by atoms with Crippen molar-refractivity contribution in [3.8, 4) is 0 Å². The minimum absolute atomic E-state index is 0.0857. The number of rotatable bonds is 5. The molecule has 1 aromatic heterocycles. The maximum atomic E-state index is 13.8. The summed E-state index contributed by atoms with van der Waals surface area (Å²) in [6.07, 6.45) is 3.29. The molecule has 0 radical (unpaired) electrons. The molecule has 2 saturated heterocycles. The molecule has 5 rings (SSSR count). The average Bonchev–Trinajstić information content (AvgIpc) is 3.50. The zero-order valence-electron chi connectivity index (χ0n) is 17.5. The van der Waals surface area contributed by atoms with Crippen LogP contribution in [-0.2, 0) is 9.53 Å². The number of carbonyl (C=O) groups is 2. The highest BCUT2D eigenvalue weighted by molar-refractivity contribution is 6.10. The number of hydrogen-bond donors (Lipinski definition) is 1. The topological polar surface area (TPSA) is 65.6 Å². The highest BCUT2D eigenvalue weighted by Crippen LogP contribution is 2.30. The molecule has 2 aliphatic heterocycles. The summed E-state index contributed by atoms with van der Waals surface area (Å²) in [5.74, 6) is 0.180. The highest BCUT2D eigenvalue weighted by Gasteiger charge is 2.35. The zero-order chi connectivity index (χ0) is 21.2. The maximum Gasteiger partial charge on any atom is 0.251 e. The second-order valence-electron chi connectivity index (χ2n) is 8.29. The fourth-order valence-electron chi connectivity index (χ4n) is 4.76. The van der Waals surface area contributed by atoms with Gasteiger partial charge in [0.25, 0.3) is 5.91 Å². The summed E-state index contributed by atoms with van der Waals surface area (Å²) in [5, 5.41) is 0.945. The van der Waals surface area contributed by atoms with Crippen LogP contribution in [0.5, 0.6) is 0 Å². The fourth-order valence-corrected chi connectivity index (χ4v) is 4.76. The molecule has 2 aliphatic rings. The molecule has 0 saturated carbocycles. The van der Waals surface area contributed by atoms with Gasteiger partial charge in [0.2, 0.25) is 0 Å². The summed E-state index contributed by atoms with van der Waals surface area (Å²) in [4.78, 5) is 33.8. The third-order valence-electron chi connectivity index (χ3n) is 6.41. The Balaban J connectivity index is 1.39. The number of benzene rings is 2. The first-order valence-electron chi connectivity index (χ1n) is 11.0. The van der Waals surface area contributed by atoms with Crippen LogP contribution in [0.25, 0.3) is 10.9 Å². The first kappa shape index (κ1) is 20.0. The summed E-state index contributed by atoms with van der Waals surface area (Å²) >= 11 is 0. The minimum atomic E-state index is -0.375. The number of aromatic amines is 1. The van der Waals surface area contributed by atoms with E-state index in [9.17, 15) is 9.59 Å². The molecule has 0 spiro atoms. The zero-order valence-corrected chi connectivity index (χ0v) is 17.5. The maximum absolute atomic E-state index is 13.8. The summed E-state index contributed by atoms with van der Waals surface area (Å²) in [6.45, 7) is 3.22. The van der Waals surface area contributed by atoms with Crippen molar-refractivity contribution in [2.24, 2.45) is 0 Å². The minimum Gasteiger partial charge on any atom is -0.368 e. The second kappa shape index (κ2) is 8.65. The number of piperazine rings is 1. The molecule has 6 heteroatoms. The van der Waals surface area contributed by atoms with Crippen molar-refractivity contribution in [1.29, 1.82) is 0 Å². The predicted octanol–water partition coefficient (Wildman–Crippen LogP) is 3.42. The van der Waals surface area contributed by atoms with E-state index in [4.69, 9.17) is 4.74 Å². The summed E-state index contributed by atoms with van der Waals surface area (Å²) < 4.78 is 5.58. The molecule has 2 aromatic carbocycles. The average molecular weight is 418 g/mol. The molecule has 1 amide bonds. The Bertz CT molecular complexity index is 1060. The number of nitrogens with one attached hydrogen (secondary N) is 1. The monoisotopic (exact) mass is 417 g/mol. The van der Waals surface area contributed by atoms with Crippen molar-refractivity contribution in [1.82, 2.24) is 14.8 Å². The van der Waals surface area contributed by atoms with Crippen molar-refractivity contribution in [3.05, 3.63) is 71.9 Å². The van der Waals surface area contributed by atoms with Crippen LogP contribution in [0.1, 0.15) is 34.8 Å². The number of para-hydroxylation sites is 1. The number of aromatic nitrogens is 1. The number of carbonyl (C=O) groups excluding carboxylic acids is 2. The van der Waals surface area contributed by atoms with E-state index in [1.54, 1.807) is 0 Å². The summed E-state index contributed by atoms with van der Waals surface area (Å²) in [5.41, 5.74) is 2.66. The van der Waals surface area contributed by atoms with Gasteiger partial charge in [-0.1, -0.05) is 48.5 Å². The number of ketones is 1. The van der Waals surface area contributed by atoms with Crippen molar-refractivity contribution >= 4 is 22.6 Å². The predicted molar refractivity (Wildman–Crippen MR) is 119 cm³/mol. The fraction of sp³-hybridized carbons (Fsp3) is 0.360. The summed E-state index contributed by atoms with van der Waals surface area (Å²) in [6, 6.07) is 17.5. The Hall–Kier alpha value is -2.96. The third kappa shape index (κ3) is 3.89. The standard InChI is InChI=1S/C25H27N3O3/c29-24(20-17-26-21-10-5-4-9-19(20)21)23(18-7-2-1-3-8-18)27-12-14-28(15-13-27)25(30)22-11-6-16-31-22/h1-5,7-10,17,22-23,26H,6,11-16H2/t22-,23+/m0/s1. The number of nitrogens with zero attached hydrogens (tertiary/aromatic N) is 2. The Morgan fingerprint density at radius 2 is 1.71 bits per heavy atom. The van der Waals surface area contributed by atoms with E-state index in [-0.39, 0.29) is 23.8 Å². The lowest BCUT2D eigenvalue weighted by atomic mass is 9.95. The molecule has 0 unspecified atom stereocenters. The van der Waals surface area contributed by atoms with Gasteiger partial charge in [-0.05, 0) is 24.5 Å². The number of amides is 1. The van der Waals surface area contributed by atoms with Gasteiger partial charge < -0.3 is 14.6 Å². The van der Waals surface area contributed by atoms with E-state index in [1.807, 2.05) is 65.7 Å². The lowest BCUT2D eigenvalue weighted by molar-refractivity contribution is -0.142. The Labute approximate surface area is 181 Å². The Morgan fingerprint density at radius 1 is 0.968 bits per heavy atom. The van der Waals surface area contributed by atoms with Gasteiger partial charge in [-0.25, -0.2) is 0 Å². The summed E-state index contributed by atoms with van der Waals surface area (Å²) in [7, 11) is 0. The largest absolute Gasteiger partial charge is 0.368 e. The van der Waals surface area contributed by atoms with Crippen molar-refractivity contribution in [3.63, 3.8) is 0 Å². The van der Waals surface area contributed by atoms with Crippen LogP contribution in [0.3, 0.4) is 0 Å². The van der Waals surface area contributed by atoms with Crippen LogP contribution in [0.2, 0.25) is 0 Å². The molecular weight excluding hydrogens is 390 g/mol. The molecule has 31 heavy (non-hydrogen) atoms. The van der Waals surface area contributed by atoms with Gasteiger partial charge in [0.05, 0.1) is 6.04 Å². The lowest BCUT2D eigenvalue weighted by Crippen LogP contribution is -2.53. The van der Waals surface area contributed by atoms with Gasteiger partial charge >= 0.3 is 0 Å². The van der Waals surface area contributed by atoms with E-state index in [1.165, 1.54) is 0 Å². The van der Waals surface area contributed by atoms with E-state index >= 15 is 0 Å². The van der Waals surface area contributed by atoms with Gasteiger partial charge in [0, 0.05) is 55.4 Å². The van der Waals surface area contributed by atoms with Crippen LogP contribution >= 0.6 is 0 Å². The molecule has 1 N–H and O–H groups in total. The van der Waals surface area contributed by atoms with E-state index in [0.29, 0.717) is 38.3 Å². The smallest absolute Gasteiger partial charge is 0.251 e. The Kier molecular flexibility index (Phi) is 5.57. The van der Waals surface area contributed by atoms with Crippen LogP contribution in [0, 0.1) is 0 Å². The number of Topliss-reactive ketones (excluding diaryl/α,β-unsaturated/α-hetero) is 1. The molecule has 160 valence electrons. The molecule has 0 bridgehead atoms. The first-order valence-corrected chi connectivity index (χ1v) is 11.0.